The van der Waals surface area contributed by atoms with Gasteiger partial charge in [0.1, 0.15) is 5.75 Å². The highest BCUT2D eigenvalue weighted by molar-refractivity contribution is 6.32. The maximum atomic E-state index is 11.8. The standard InChI is InChI=1S/C12H16ClNO4/c1-17-7-9(18-2)6-14-12(16)8-3-4-11(15)10(13)5-8/h3-5,9,15H,6-7H2,1-2H3,(H,14,16). The largest absolute Gasteiger partial charge is 0.506 e. The fourth-order valence-corrected chi connectivity index (χ4v) is 1.53. The molecular formula is C12H16ClNO4. The van der Waals surface area contributed by atoms with Crippen LogP contribution in [0.2, 0.25) is 5.02 Å². The van der Waals surface area contributed by atoms with Crippen LogP contribution >= 0.6 is 11.6 Å². The number of methoxy groups -OCH3 is 2. The Labute approximate surface area is 111 Å². The number of hydrogen-bond donors (Lipinski definition) is 2. The summed E-state index contributed by atoms with van der Waals surface area (Å²) in [6.07, 6.45) is -0.202. The number of phenolic OH excluding ortho intramolecular Hbond substituents is 1. The lowest BCUT2D eigenvalue weighted by molar-refractivity contribution is 0.0285. The van der Waals surface area contributed by atoms with E-state index in [1.165, 1.54) is 18.2 Å². The maximum absolute atomic E-state index is 11.8. The zero-order chi connectivity index (χ0) is 13.5. The van der Waals surface area contributed by atoms with Crippen LogP contribution in [0.5, 0.6) is 5.75 Å². The molecule has 0 saturated heterocycles. The lowest BCUT2D eigenvalue weighted by atomic mass is 10.2. The van der Waals surface area contributed by atoms with Gasteiger partial charge in [0.2, 0.25) is 0 Å². The number of hydrogen-bond acceptors (Lipinski definition) is 4. The molecule has 0 heterocycles. The fraction of sp³-hybridized carbons (Fsp3) is 0.417. The molecule has 1 rings (SSSR count). The molecule has 0 aromatic heterocycles. The van der Waals surface area contributed by atoms with Crippen molar-refractivity contribution in [2.75, 3.05) is 27.4 Å². The summed E-state index contributed by atoms with van der Waals surface area (Å²) in [5.74, 6) is -0.336. The summed E-state index contributed by atoms with van der Waals surface area (Å²) in [6.45, 7) is 0.731. The first-order valence-electron chi connectivity index (χ1n) is 5.37. The lowest BCUT2D eigenvalue weighted by Crippen LogP contribution is -2.35. The molecule has 0 aliphatic heterocycles. The van der Waals surface area contributed by atoms with Crippen LogP contribution in [0.15, 0.2) is 18.2 Å². The first kappa shape index (κ1) is 14.8. The molecule has 5 nitrogen and oxygen atoms in total. The predicted octanol–water partition coefficient (Wildman–Crippen LogP) is 1.44. The molecule has 0 aliphatic rings. The summed E-state index contributed by atoms with van der Waals surface area (Å²) >= 11 is 5.72. The summed E-state index contributed by atoms with van der Waals surface area (Å²) in [6, 6.07) is 4.28. The van der Waals surface area contributed by atoms with Crippen LogP contribution in [0.3, 0.4) is 0 Å². The molecule has 6 heteroatoms. The first-order valence-corrected chi connectivity index (χ1v) is 5.74. The van der Waals surface area contributed by atoms with Crippen molar-refractivity contribution in [3.63, 3.8) is 0 Å². The van der Waals surface area contributed by atoms with Crippen LogP contribution in [0, 0.1) is 0 Å². The van der Waals surface area contributed by atoms with E-state index in [0.29, 0.717) is 18.7 Å². The molecule has 0 fully saturated rings. The summed E-state index contributed by atoms with van der Waals surface area (Å²) < 4.78 is 10.1. The minimum atomic E-state index is -0.282. The average molecular weight is 274 g/mol. The third-order valence-electron chi connectivity index (χ3n) is 2.39. The zero-order valence-corrected chi connectivity index (χ0v) is 11.0. The number of amides is 1. The van der Waals surface area contributed by atoms with Crippen LogP contribution in [0.4, 0.5) is 0 Å². The van der Waals surface area contributed by atoms with Crippen molar-refractivity contribution < 1.29 is 19.4 Å². The summed E-state index contributed by atoms with van der Waals surface area (Å²) in [5.41, 5.74) is 0.380. The second-order valence-corrected chi connectivity index (χ2v) is 4.10. The topological polar surface area (TPSA) is 67.8 Å². The number of nitrogens with one attached hydrogen (secondary N) is 1. The van der Waals surface area contributed by atoms with Gasteiger partial charge in [0.05, 0.1) is 17.7 Å². The molecule has 0 saturated carbocycles. The number of carbonyl (C=O) groups excluding carboxylic acids is 1. The Hall–Kier alpha value is -1.30. The van der Waals surface area contributed by atoms with Gasteiger partial charge in [0.25, 0.3) is 5.91 Å². The third kappa shape index (κ3) is 4.18. The normalized spacial score (nSPS) is 12.2. The number of benzene rings is 1. The SMILES string of the molecule is COCC(CNC(=O)c1ccc(O)c(Cl)c1)OC. The van der Waals surface area contributed by atoms with Crippen LogP contribution in [0.25, 0.3) is 0 Å². The lowest BCUT2D eigenvalue weighted by Gasteiger charge is -2.15. The van der Waals surface area contributed by atoms with Crippen molar-refractivity contribution >= 4 is 17.5 Å². The van der Waals surface area contributed by atoms with Gasteiger partial charge in [-0.3, -0.25) is 4.79 Å². The molecule has 100 valence electrons. The molecule has 0 radical (unpaired) electrons. The van der Waals surface area contributed by atoms with Gasteiger partial charge < -0.3 is 19.9 Å². The Bertz CT molecular complexity index is 411. The number of rotatable bonds is 6. The van der Waals surface area contributed by atoms with Gasteiger partial charge >= 0.3 is 0 Å². The number of ether oxygens (including phenoxy) is 2. The third-order valence-corrected chi connectivity index (χ3v) is 2.69. The minimum Gasteiger partial charge on any atom is -0.506 e. The second-order valence-electron chi connectivity index (χ2n) is 3.69. The molecule has 1 atom stereocenters. The molecule has 18 heavy (non-hydrogen) atoms. The van der Waals surface area contributed by atoms with Gasteiger partial charge in [-0.15, -0.1) is 0 Å². The molecule has 2 N–H and O–H groups in total. The van der Waals surface area contributed by atoms with Gasteiger partial charge in [0, 0.05) is 26.3 Å². The highest BCUT2D eigenvalue weighted by atomic mass is 35.5. The van der Waals surface area contributed by atoms with E-state index < -0.39 is 0 Å². The van der Waals surface area contributed by atoms with Gasteiger partial charge in [0.15, 0.2) is 0 Å². The van der Waals surface area contributed by atoms with Crippen molar-refractivity contribution in [1.29, 1.82) is 0 Å². The predicted molar refractivity (Wildman–Crippen MR) is 68.1 cm³/mol. The van der Waals surface area contributed by atoms with Crippen LogP contribution in [-0.2, 0) is 9.47 Å². The first-order chi connectivity index (χ1) is 8.58. The van der Waals surface area contributed by atoms with Crippen molar-refractivity contribution in [3.05, 3.63) is 28.8 Å². The van der Waals surface area contributed by atoms with Crippen molar-refractivity contribution in [3.8, 4) is 5.75 Å². The van der Waals surface area contributed by atoms with Crippen molar-refractivity contribution in [2.24, 2.45) is 0 Å². The monoisotopic (exact) mass is 273 g/mol. The van der Waals surface area contributed by atoms with Gasteiger partial charge in [-0.2, -0.15) is 0 Å². The van der Waals surface area contributed by atoms with Crippen LogP contribution in [0.1, 0.15) is 10.4 Å². The Morgan fingerprint density at radius 3 is 2.78 bits per heavy atom. The Morgan fingerprint density at radius 1 is 1.50 bits per heavy atom. The highest BCUT2D eigenvalue weighted by Gasteiger charge is 2.11. The number of phenols is 1. The maximum Gasteiger partial charge on any atom is 0.251 e. The molecule has 1 amide bonds. The smallest absolute Gasteiger partial charge is 0.251 e. The molecular weight excluding hydrogens is 258 g/mol. The van der Waals surface area contributed by atoms with E-state index in [2.05, 4.69) is 5.32 Å². The highest BCUT2D eigenvalue weighted by Crippen LogP contribution is 2.23. The second kappa shape index (κ2) is 7.20. The average Bonchev–Trinajstić information content (AvgIpc) is 2.37. The number of halogens is 1. The van der Waals surface area contributed by atoms with Gasteiger partial charge in [-0.25, -0.2) is 0 Å². The van der Waals surface area contributed by atoms with Gasteiger partial charge in [-0.05, 0) is 18.2 Å². The number of aromatic hydroxyl groups is 1. The van der Waals surface area contributed by atoms with Crippen LogP contribution in [-0.4, -0.2) is 44.5 Å². The van der Waals surface area contributed by atoms with E-state index in [4.69, 9.17) is 21.1 Å². The van der Waals surface area contributed by atoms with E-state index in [9.17, 15) is 9.90 Å². The molecule has 1 aromatic carbocycles. The van der Waals surface area contributed by atoms with E-state index in [1.54, 1.807) is 14.2 Å². The van der Waals surface area contributed by atoms with E-state index in [1.807, 2.05) is 0 Å². The Balaban J connectivity index is 2.57. The quantitative estimate of drug-likeness (QED) is 0.823. The molecule has 0 spiro atoms. The molecule has 0 bridgehead atoms. The Morgan fingerprint density at radius 2 is 2.22 bits per heavy atom. The molecule has 1 aromatic rings. The zero-order valence-electron chi connectivity index (χ0n) is 10.3. The molecule has 1 unspecified atom stereocenters. The van der Waals surface area contributed by atoms with Crippen molar-refractivity contribution in [2.45, 2.75) is 6.10 Å². The van der Waals surface area contributed by atoms with E-state index in [-0.39, 0.29) is 22.8 Å². The number of carbonyl (C=O) groups is 1. The van der Waals surface area contributed by atoms with Crippen molar-refractivity contribution in [1.82, 2.24) is 5.32 Å². The van der Waals surface area contributed by atoms with E-state index in [0.717, 1.165) is 0 Å². The fourth-order valence-electron chi connectivity index (χ4n) is 1.35. The van der Waals surface area contributed by atoms with E-state index >= 15 is 0 Å². The summed E-state index contributed by atoms with van der Waals surface area (Å²) in [7, 11) is 3.11. The van der Waals surface area contributed by atoms with Gasteiger partial charge in [-0.1, -0.05) is 11.6 Å². The molecule has 0 aliphatic carbocycles. The van der Waals surface area contributed by atoms with Crippen LogP contribution < -0.4 is 5.32 Å². The minimum absolute atomic E-state index is 0.0534. The summed E-state index contributed by atoms with van der Waals surface area (Å²) in [4.78, 5) is 11.8. The summed E-state index contributed by atoms with van der Waals surface area (Å²) in [5, 5.41) is 12.1. The Kier molecular flexibility index (Phi) is 5.91.